The molecule has 0 aliphatic heterocycles. The highest BCUT2D eigenvalue weighted by Gasteiger charge is 2.23. The van der Waals surface area contributed by atoms with Gasteiger partial charge in [0.25, 0.3) is 0 Å². The maximum absolute atomic E-state index is 10.7. The van der Waals surface area contributed by atoms with Crippen LogP contribution in [0.1, 0.15) is 31.0 Å². The predicted octanol–water partition coefficient (Wildman–Crippen LogP) is 3.43. The average Bonchev–Trinajstić information content (AvgIpc) is 3.16. The van der Waals surface area contributed by atoms with Crippen molar-refractivity contribution in [2.24, 2.45) is 4.99 Å². The van der Waals surface area contributed by atoms with Crippen LogP contribution in [0.3, 0.4) is 0 Å². The summed E-state index contributed by atoms with van der Waals surface area (Å²) < 4.78 is 0. The van der Waals surface area contributed by atoms with E-state index in [1.165, 1.54) is 5.56 Å². The number of aliphatic hydroxyl groups is 1. The SMILES string of the molecule is CCNC(=NCC(C)(O)c1ccsc1)NCC(c1ccccc1)N(C)C.I. The normalized spacial score (nSPS) is 15.0. The van der Waals surface area contributed by atoms with E-state index in [1.54, 1.807) is 18.3 Å². The summed E-state index contributed by atoms with van der Waals surface area (Å²) in [5.41, 5.74) is 1.19. The molecule has 0 radical (unpaired) electrons. The molecule has 150 valence electrons. The molecule has 0 spiro atoms. The number of nitrogens with zero attached hydrogens (tertiary/aromatic N) is 2. The lowest BCUT2D eigenvalue weighted by Gasteiger charge is -2.26. The summed E-state index contributed by atoms with van der Waals surface area (Å²) in [5, 5.41) is 21.3. The molecule has 5 nitrogen and oxygen atoms in total. The van der Waals surface area contributed by atoms with E-state index in [2.05, 4.69) is 58.9 Å². The Balaban J connectivity index is 0.00000364. The van der Waals surface area contributed by atoms with Gasteiger partial charge in [0.1, 0.15) is 5.60 Å². The molecule has 1 aromatic carbocycles. The van der Waals surface area contributed by atoms with Crippen LogP contribution in [0.25, 0.3) is 0 Å². The Morgan fingerprint density at radius 2 is 1.93 bits per heavy atom. The number of halogens is 1. The van der Waals surface area contributed by atoms with Gasteiger partial charge in [0.2, 0.25) is 0 Å². The zero-order chi connectivity index (χ0) is 19.0. The van der Waals surface area contributed by atoms with E-state index in [4.69, 9.17) is 0 Å². The molecule has 2 rings (SSSR count). The van der Waals surface area contributed by atoms with Crippen LogP contribution >= 0.6 is 35.3 Å². The molecule has 0 bridgehead atoms. The van der Waals surface area contributed by atoms with Gasteiger partial charge >= 0.3 is 0 Å². The van der Waals surface area contributed by atoms with Crippen LogP contribution in [0.15, 0.2) is 52.2 Å². The van der Waals surface area contributed by atoms with Crippen molar-refractivity contribution in [1.29, 1.82) is 0 Å². The summed E-state index contributed by atoms with van der Waals surface area (Å²) in [7, 11) is 4.15. The van der Waals surface area contributed by atoms with Crippen LogP contribution in [0.5, 0.6) is 0 Å². The van der Waals surface area contributed by atoms with Gasteiger partial charge in [-0.05, 0) is 55.9 Å². The maximum atomic E-state index is 10.7. The fourth-order valence-corrected chi connectivity index (χ4v) is 3.49. The first-order chi connectivity index (χ1) is 12.4. The van der Waals surface area contributed by atoms with E-state index >= 15 is 0 Å². The lowest BCUT2D eigenvalue weighted by atomic mass is 10.00. The number of nitrogens with one attached hydrogen (secondary N) is 2. The van der Waals surface area contributed by atoms with Crippen LogP contribution in [-0.2, 0) is 5.60 Å². The van der Waals surface area contributed by atoms with Gasteiger partial charge in [-0.1, -0.05) is 30.3 Å². The van der Waals surface area contributed by atoms with E-state index in [-0.39, 0.29) is 30.0 Å². The predicted molar refractivity (Wildman–Crippen MR) is 126 cm³/mol. The molecule has 2 unspecified atom stereocenters. The van der Waals surface area contributed by atoms with Crippen molar-refractivity contribution in [3.05, 3.63) is 58.3 Å². The Hall–Kier alpha value is -1.16. The van der Waals surface area contributed by atoms with Crippen molar-refractivity contribution < 1.29 is 5.11 Å². The highest BCUT2D eigenvalue weighted by Crippen LogP contribution is 2.23. The second kappa shape index (κ2) is 11.6. The van der Waals surface area contributed by atoms with Crippen LogP contribution in [0, 0.1) is 0 Å². The van der Waals surface area contributed by atoms with Crippen molar-refractivity contribution in [2.75, 3.05) is 33.7 Å². The van der Waals surface area contributed by atoms with Gasteiger partial charge in [-0.3, -0.25) is 0 Å². The van der Waals surface area contributed by atoms with Crippen molar-refractivity contribution in [3.63, 3.8) is 0 Å². The van der Waals surface area contributed by atoms with Gasteiger partial charge in [0, 0.05) is 13.1 Å². The first kappa shape index (κ1) is 23.9. The van der Waals surface area contributed by atoms with Crippen LogP contribution in [0.4, 0.5) is 0 Å². The first-order valence-electron chi connectivity index (χ1n) is 8.92. The zero-order valence-corrected chi connectivity index (χ0v) is 19.6. The van der Waals surface area contributed by atoms with E-state index in [0.717, 1.165) is 18.7 Å². The largest absolute Gasteiger partial charge is 0.383 e. The Labute approximate surface area is 183 Å². The number of guanidine groups is 1. The number of hydrogen-bond donors (Lipinski definition) is 3. The summed E-state index contributed by atoms with van der Waals surface area (Å²) >= 11 is 1.58. The third-order valence-corrected chi connectivity index (χ3v) is 4.99. The highest BCUT2D eigenvalue weighted by molar-refractivity contribution is 14.0. The number of hydrogen-bond acceptors (Lipinski definition) is 4. The Morgan fingerprint density at radius 1 is 1.22 bits per heavy atom. The van der Waals surface area contributed by atoms with Crippen molar-refractivity contribution in [1.82, 2.24) is 15.5 Å². The third kappa shape index (κ3) is 7.40. The average molecular weight is 502 g/mol. The van der Waals surface area contributed by atoms with Crippen molar-refractivity contribution in [2.45, 2.75) is 25.5 Å². The molecule has 1 heterocycles. The van der Waals surface area contributed by atoms with Gasteiger partial charge < -0.3 is 20.6 Å². The van der Waals surface area contributed by atoms with Gasteiger partial charge in [-0.2, -0.15) is 11.3 Å². The second-order valence-corrected chi connectivity index (χ2v) is 7.53. The smallest absolute Gasteiger partial charge is 0.191 e. The number of thiophene rings is 1. The summed E-state index contributed by atoms with van der Waals surface area (Å²) in [6, 6.07) is 12.6. The fraction of sp³-hybridized carbons (Fsp3) is 0.450. The standard InChI is InChI=1S/C20H30N4OS.HI/c1-5-21-19(23-15-20(2,25)17-11-12-26-14-17)22-13-18(24(3)4)16-9-7-6-8-10-16;/h6-12,14,18,25H,5,13,15H2,1-4H3,(H2,21,22,23);1H. The first-order valence-corrected chi connectivity index (χ1v) is 9.87. The van der Waals surface area contributed by atoms with Gasteiger partial charge in [-0.15, -0.1) is 24.0 Å². The lowest BCUT2D eigenvalue weighted by molar-refractivity contribution is 0.0677. The van der Waals surface area contributed by atoms with E-state index in [0.29, 0.717) is 12.5 Å². The molecule has 0 aliphatic carbocycles. The summed E-state index contributed by atoms with van der Waals surface area (Å²) in [4.78, 5) is 6.78. The zero-order valence-electron chi connectivity index (χ0n) is 16.5. The van der Waals surface area contributed by atoms with Gasteiger partial charge in [0.15, 0.2) is 5.96 Å². The molecular weight excluding hydrogens is 471 g/mol. The molecule has 0 saturated heterocycles. The molecule has 3 N–H and O–H groups in total. The number of benzene rings is 1. The highest BCUT2D eigenvalue weighted by atomic mass is 127. The Bertz CT molecular complexity index is 675. The van der Waals surface area contributed by atoms with Gasteiger partial charge in [-0.25, -0.2) is 4.99 Å². The number of likely N-dealkylation sites (N-methyl/N-ethyl adjacent to an activating group) is 1. The summed E-state index contributed by atoms with van der Waals surface area (Å²) in [6.45, 7) is 5.63. The molecule has 2 atom stereocenters. The molecule has 0 aliphatic rings. The fourth-order valence-electron chi connectivity index (χ4n) is 2.70. The molecule has 0 fully saturated rings. The molecule has 7 heteroatoms. The minimum Gasteiger partial charge on any atom is -0.383 e. The number of rotatable bonds is 8. The molecule has 0 saturated carbocycles. The van der Waals surface area contributed by atoms with Crippen LogP contribution in [-0.4, -0.2) is 49.7 Å². The summed E-state index contributed by atoms with van der Waals surface area (Å²) in [5.74, 6) is 0.714. The molecule has 0 amide bonds. The van der Waals surface area contributed by atoms with E-state index in [1.807, 2.05) is 29.8 Å². The molecular formula is C20H31IN4OS. The van der Waals surface area contributed by atoms with Crippen molar-refractivity contribution >= 4 is 41.3 Å². The van der Waals surface area contributed by atoms with Gasteiger partial charge in [0.05, 0.1) is 12.6 Å². The van der Waals surface area contributed by atoms with Crippen LogP contribution < -0.4 is 10.6 Å². The monoisotopic (exact) mass is 502 g/mol. The quantitative estimate of drug-likeness (QED) is 0.294. The van der Waals surface area contributed by atoms with Crippen LogP contribution in [0.2, 0.25) is 0 Å². The lowest BCUT2D eigenvalue weighted by Crippen LogP contribution is -2.42. The third-order valence-electron chi connectivity index (χ3n) is 4.30. The minimum absolute atomic E-state index is 0. The number of aliphatic imine (C=N–C) groups is 1. The molecule has 1 aromatic heterocycles. The van der Waals surface area contributed by atoms with E-state index < -0.39 is 5.60 Å². The maximum Gasteiger partial charge on any atom is 0.191 e. The Morgan fingerprint density at radius 3 is 2.48 bits per heavy atom. The molecule has 2 aromatic rings. The Kier molecular flexibility index (Phi) is 10.3. The topological polar surface area (TPSA) is 59.9 Å². The van der Waals surface area contributed by atoms with Crippen molar-refractivity contribution in [3.8, 4) is 0 Å². The minimum atomic E-state index is -0.970. The van der Waals surface area contributed by atoms with E-state index in [9.17, 15) is 5.11 Å². The summed E-state index contributed by atoms with van der Waals surface area (Å²) in [6.07, 6.45) is 0. The second-order valence-electron chi connectivity index (χ2n) is 6.75. The molecule has 27 heavy (non-hydrogen) atoms.